The van der Waals surface area contributed by atoms with Crippen LogP contribution in [0.3, 0.4) is 0 Å². The van der Waals surface area contributed by atoms with Gasteiger partial charge in [-0.3, -0.25) is 9.69 Å². The third kappa shape index (κ3) is 5.73. The highest BCUT2D eigenvalue weighted by atomic mass is 16.5. The Labute approximate surface area is 174 Å². The minimum Gasteiger partial charge on any atom is -0.493 e. The smallest absolute Gasteiger partial charge is 0.251 e. The zero-order valence-electron chi connectivity index (χ0n) is 17.5. The normalized spacial score (nSPS) is 15.1. The maximum Gasteiger partial charge on any atom is 0.251 e. The van der Waals surface area contributed by atoms with Crippen molar-refractivity contribution in [3.63, 3.8) is 0 Å². The SMILES string of the molecule is CCCCOc1ccc(C(=O)NCC(c2ccccc2)N2CCCC2)cc1OC. The summed E-state index contributed by atoms with van der Waals surface area (Å²) in [7, 11) is 1.60. The molecule has 0 spiro atoms. The van der Waals surface area contributed by atoms with Crippen molar-refractivity contribution in [2.45, 2.75) is 38.6 Å². The lowest BCUT2D eigenvalue weighted by atomic mass is 10.1. The van der Waals surface area contributed by atoms with E-state index in [0.29, 0.717) is 30.2 Å². The van der Waals surface area contributed by atoms with Gasteiger partial charge in [-0.15, -0.1) is 0 Å². The molecule has 1 aliphatic rings. The Kier molecular flexibility index (Phi) is 7.94. The first-order valence-corrected chi connectivity index (χ1v) is 10.6. The summed E-state index contributed by atoms with van der Waals surface area (Å²) in [5.41, 5.74) is 1.82. The van der Waals surface area contributed by atoms with Crippen molar-refractivity contribution in [2.75, 3.05) is 33.4 Å². The van der Waals surface area contributed by atoms with E-state index >= 15 is 0 Å². The second kappa shape index (κ2) is 10.9. The summed E-state index contributed by atoms with van der Waals surface area (Å²) in [5.74, 6) is 1.17. The van der Waals surface area contributed by atoms with E-state index in [1.807, 2.05) is 12.1 Å². The number of carbonyl (C=O) groups excluding carboxylic acids is 1. The molecule has 1 amide bonds. The van der Waals surface area contributed by atoms with Crippen molar-refractivity contribution >= 4 is 5.91 Å². The number of benzene rings is 2. The van der Waals surface area contributed by atoms with E-state index in [1.165, 1.54) is 18.4 Å². The van der Waals surface area contributed by atoms with Crippen molar-refractivity contribution in [2.24, 2.45) is 0 Å². The lowest BCUT2D eigenvalue weighted by Gasteiger charge is -2.28. The monoisotopic (exact) mass is 396 g/mol. The minimum absolute atomic E-state index is 0.0939. The Balaban J connectivity index is 1.66. The molecule has 0 saturated carbocycles. The summed E-state index contributed by atoms with van der Waals surface area (Å²) in [6.07, 6.45) is 4.49. The first kappa shape index (κ1) is 21.2. The molecule has 0 radical (unpaired) electrons. The van der Waals surface area contributed by atoms with Gasteiger partial charge in [-0.1, -0.05) is 43.7 Å². The van der Waals surface area contributed by atoms with Gasteiger partial charge in [0.1, 0.15) is 0 Å². The van der Waals surface area contributed by atoms with E-state index in [9.17, 15) is 4.79 Å². The maximum atomic E-state index is 12.8. The van der Waals surface area contributed by atoms with Crippen molar-refractivity contribution in [1.29, 1.82) is 0 Å². The van der Waals surface area contributed by atoms with Crippen LogP contribution in [-0.2, 0) is 0 Å². The third-order valence-corrected chi connectivity index (χ3v) is 5.40. The van der Waals surface area contributed by atoms with E-state index in [0.717, 1.165) is 25.9 Å². The van der Waals surface area contributed by atoms with Crippen LogP contribution in [0, 0.1) is 0 Å². The number of nitrogens with one attached hydrogen (secondary N) is 1. The van der Waals surface area contributed by atoms with Crippen LogP contribution < -0.4 is 14.8 Å². The van der Waals surface area contributed by atoms with Gasteiger partial charge in [-0.05, 0) is 56.1 Å². The molecule has 2 aromatic rings. The largest absolute Gasteiger partial charge is 0.493 e. The van der Waals surface area contributed by atoms with Gasteiger partial charge in [0.05, 0.1) is 19.8 Å². The predicted molar refractivity (Wildman–Crippen MR) is 116 cm³/mol. The van der Waals surface area contributed by atoms with Crippen LogP contribution in [0.4, 0.5) is 0 Å². The number of nitrogens with zero attached hydrogens (tertiary/aromatic N) is 1. The molecule has 5 heteroatoms. The molecule has 1 fully saturated rings. The van der Waals surface area contributed by atoms with E-state index in [4.69, 9.17) is 9.47 Å². The number of methoxy groups -OCH3 is 1. The molecule has 3 rings (SSSR count). The Hall–Kier alpha value is -2.53. The quantitative estimate of drug-likeness (QED) is 0.603. The third-order valence-electron chi connectivity index (χ3n) is 5.40. The van der Waals surface area contributed by atoms with Gasteiger partial charge in [0.15, 0.2) is 11.5 Å². The summed E-state index contributed by atoms with van der Waals surface area (Å²) in [6.45, 7) is 5.51. The van der Waals surface area contributed by atoms with E-state index in [2.05, 4.69) is 41.4 Å². The Morgan fingerprint density at radius 3 is 2.55 bits per heavy atom. The summed E-state index contributed by atoms with van der Waals surface area (Å²) in [4.78, 5) is 15.3. The van der Waals surface area contributed by atoms with Crippen LogP contribution in [0.1, 0.15) is 54.6 Å². The molecule has 1 aliphatic heterocycles. The number of likely N-dealkylation sites (tertiary alicyclic amines) is 1. The Bertz CT molecular complexity index is 773. The van der Waals surface area contributed by atoms with Gasteiger partial charge in [-0.2, -0.15) is 0 Å². The van der Waals surface area contributed by atoms with Gasteiger partial charge in [0.2, 0.25) is 0 Å². The molecule has 156 valence electrons. The number of carbonyl (C=O) groups is 1. The molecule has 1 saturated heterocycles. The second-order valence-corrected chi connectivity index (χ2v) is 7.45. The number of hydrogen-bond acceptors (Lipinski definition) is 4. The zero-order chi connectivity index (χ0) is 20.5. The maximum absolute atomic E-state index is 12.8. The number of ether oxygens (including phenoxy) is 2. The van der Waals surface area contributed by atoms with Crippen LogP contribution in [0.15, 0.2) is 48.5 Å². The first-order chi connectivity index (χ1) is 14.2. The molecule has 0 bridgehead atoms. The minimum atomic E-state index is -0.0939. The van der Waals surface area contributed by atoms with Gasteiger partial charge in [0, 0.05) is 12.1 Å². The summed E-state index contributed by atoms with van der Waals surface area (Å²) >= 11 is 0. The fraction of sp³-hybridized carbons (Fsp3) is 0.458. The molecule has 29 heavy (non-hydrogen) atoms. The van der Waals surface area contributed by atoms with Crippen molar-refractivity contribution < 1.29 is 14.3 Å². The van der Waals surface area contributed by atoms with E-state index in [-0.39, 0.29) is 11.9 Å². The lowest BCUT2D eigenvalue weighted by Crippen LogP contribution is -2.36. The average Bonchev–Trinajstić information content (AvgIpc) is 3.29. The number of unbranched alkanes of at least 4 members (excludes halogenated alkanes) is 1. The van der Waals surface area contributed by atoms with Gasteiger partial charge < -0.3 is 14.8 Å². The number of rotatable bonds is 10. The first-order valence-electron chi connectivity index (χ1n) is 10.6. The summed E-state index contributed by atoms with van der Waals surface area (Å²) < 4.78 is 11.2. The molecular weight excluding hydrogens is 364 g/mol. The highest BCUT2D eigenvalue weighted by molar-refractivity contribution is 5.94. The standard InChI is InChI=1S/C24H32N2O3/c1-3-4-16-29-22-13-12-20(17-23(22)28-2)24(27)25-18-21(26-14-8-9-15-26)19-10-6-5-7-11-19/h5-7,10-13,17,21H,3-4,8-9,14-16,18H2,1-2H3,(H,25,27). The lowest BCUT2D eigenvalue weighted by molar-refractivity contribution is 0.0937. The van der Waals surface area contributed by atoms with Crippen molar-refractivity contribution in [3.05, 3.63) is 59.7 Å². The average molecular weight is 397 g/mol. The summed E-state index contributed by atoms with van der Waals surface area (Å²) in [5, 5.41) is 3.12. The number of amides is 1. The van der Waals surface area contributed by atoms with Crippen LogP contribution in [0.25, 0.3) is 0 Å². The van der Waals surface area contributed by atoms with Crippen LogP contribution in [-0.4, -0.2) is 44.2 Å². The second-order valence-electron chi connectivity index (χ2n) is 7.45. The molecule has 0 aliphatic carbocycles. The topological polar surface area (TPSA) is 50.8 Å². The fourth-order valence-electron chi connectivity index (χ4n) is 3.73. The fourth-order valence-corrected chi connectivity index (χ4v) is 3.73. The van der Waals surface area contributed by atoms with Gasteiger partial charge in [0.25, 0.3) is 5.91 Å². The van der Waals surface area contributed by atoms with Crippen molar-refractivity contribution in [1.82, 2.24) is 10.2 Å². The van der Waals surface area contributed by atoms with E-state index < -0.39 is 0 Å². The molecule has 1 heterocycles. The highest BCUT2D eigenvalue weighted by Gasteiger charge is 2.24. The molecular formula is C24H32N2O3. The van der Waals surface area contributed by atoms with E-state index in [1.54, 1.807) is 19.2 Å². The summed E-state index contributed by atoms with van der Waals surface area (Å²) in [6, 6.07) is 16.0. The molecule has 0 aromatic heterocycles. The Morgan fingerprint density at radius 2 is 1.86 bits per heavy atom. The van der Waals surface area contributed by atoms with Crippen LogP contribution >= 0.6 is 0 Å². The molecule has 5 nitrogen and oxygen atoms in total. The van der Waals surface area contributed by atoms with Crippen LogP contribution in [0.5, 0.6) is 11.5 Å². The molecule has 1 N–H and O–H groups in total. The van der Waals surface area contributed by atoms with Gasteiger partial charge >= 0.3 is 0 Å². The number of hydrogen-bond donors (Lipinski definition) is 1. The molecule has 1 atom stereocenters. The predicted octanol–water partition coefficient (Wildman–Crippen LogP) is 4.44. The highest BCUT2D eigenvalue weighted by Crippen LogP contribution is 2.29. The van der Waals surface area contributed by atoms with Gasteiger partial charge in [-0.25, -0.2) is 0 Å². The van der Waals surface area contributed by atoms with Crippen LogP contribution in [0.2, 0.25) is 0 Å². The molecule has 2 aromatic carbocycles. The Morgan fingerprint density at radius 1 is 1.10 bits per heavy atom. The zero-order valence-corrected chi connectivity index (χ0v) is 17.5. The van der Waals surface area contributed by atoms with Crippen molar-refractivity contribution in [3.8, 4) is 11.5 Å². The molecule has 1 unspecified atom stereocenters.